The van der Waals surface area contributed by atoms with E-state index in [1.54, 1.807) is 11.0 Å². The van der Waals surface area contributed by atoms with Crippen LogP contribution in [0.4, 0.5) is 4.79 Å². The number of aryl methyl sites for hydroxylation is 1. The van der Waals surface area contributed by atoms with E-state index < -0.39 is 0 Å². The Morgan fingerprint density at radius 3 is 2.72 bits per heavy atom. The minimum atomic E-state index is 0.00977. The van der Waals surface area contributed by atoms with Gasteiger partial charge in [0.15, 0.2) is 5.82 Å². The third-order valence-electron chi connectivity index (χ3n) is 5.71. The third kappa shape index (κ3) is 5.17. The van der Waals surface area contributed by atoms with E-state index >= 15 is 0 Å². The first-order valence-electron chi connectivity index (χ1n) is 9.73. The Kier molecular flexibility index (Phi) is 6.29. The zero-order valence-electron chi connectivity index (χ0n) is 15.7. The lowest BCUT2D eigenvalue weighted by atomic mass is 9.92. The molecule has 2 fully saturated rings. The SMILES string of the molecule is C[C@@H]1CCCCN1CCC1CCN(C(=O)NCc2ncn(C)n2)CC1. The number of rotatable bonds is 5. The van der Waals surface area contributed by atoms with E-state index in [0.29, 0.717) is 12.4 Å². The van der Waals surface area contributed by atoms with Crippen LogP contribution in [-0.2, 0) is 13.6 Å². The minimum Gasteiger partial charge on any atom is -0.331 e. The van der Waals surface area contributed by atoms with Crippen molar-refractivity contribution in [3.05, 3.63) is 12.2 Å². The molecule has 0 aliphatic carbocycles. The summed E-state index contributed by atoms with van der Waals surface area (Å²) in [5, 5.41) is 7.11. The second-order valence-corrected chi connectivity index (χ2v) is 7.59. The Morgan fingerprint density at radius 1 is 1.24 bits per heavy atom. The fourth-order valence-electron chi connectivity index (χ4n) is 3.99. The molecule has 2 saturated heterocycles. The molecule has 1 N–H and O–H groups in total. The highest BCUT2D eigenvalue weighted by atomic mass is 16.2. The summed E-state index contributed by atoms with van der Waals surface area (Å²) in [5.41, 5.74) is 0. The maximum absolute atomic E-state index is 12.3. The standard InChI is InChI=1S/C18H32N6O/c1-15-5-3-4-9-23(15)10-6-16-7-11-24(12-8-16)18(25)19-13-17-20-14-22(2)21-17/h14-16H,3-13H2,1-2H3,(H,19,25)/t15-/m1/s1. The van der Waals surface area contributed by atoms with Gasteiger partial charge in [-0.15, -0.1) is 0 Å². The van der Waals surface area contributed by atoms with Crippen LogP contribution in [0, 0.1) is 5.92 Å². The summed E-state index contributed by atoms with van der Waals surface area (Å²) in [5.74, 6) is 1.41. The van der Waals surface area contributed by atoms with Crippen molar-refractivity contribution in [3.8, 4) is 0 Å². The number of nitrogens with one attached hydrogen (secondary N) is 1. The first-order chi connectivity index (χ1) is 12.1. The lowest BCUT2D eigenvalue weighted by Crippen LogP contribution is -2.45. The molecule has 0 unspecified atom stereocenters. The zero-order valence-corrected chi connectivity index (χ0v) is 15.7. The maximum Gasteiger partial charge on any atom is 0.317 e. The van der Waals surface area contributed by atoms with E-state index in [4.69, 9.17) is 0 Å². The second-order valence-electron chi connectivity index (χ2n) is 7.59. The Labute approximate surface area is 150 Å². The molecule has 1 aromatic heterocycles. The first-order valence-corrected chi connectivity index (χ1v) is 9.73. The van der Waals surface area contributed by atoms with E-state index in [1.807, 2.05) is 11.9 Å². The lowest BCUT2D eigenvalue weighted by Gasteiger charge is -2.36. The molecule has 2 aliphatic heterocycles. The summed E-state index contributed by atoms with van der Waals surface area (Å²) < 4.78 is 1.65. The summed E-state index contributed by atoms with van der Waals surface area (Å²) in [4.78, 5) is 21.0. The highest BCUT2D eigenvalue weighted by Gasteiger charge is 2.24. The number of nitrogens with zero attached hydrogens (tertiary/aromatic N) is 5. The van der Waals surface area contributed by atoms with Crippen LogP contribution in [0.3, 0.4) is 0 Å². The summed E-state index contributed by atoms with van der Waals surface area (Å²) in [7, 11) is 1.83. The van der Waals surface area contributed by atoms with E-state index in [1.165, 1.54) is 38.8 Å². The molecule has 3 rings (SSSR count). The molecule has 1 aromatic rings. The van der Waals surface area contributed by atoms with Gasteiger partial charge in [-0.3, -0.25) is 4.68 Å². The van der Waals surface area contributed by atoms with E-state index in [9.17, 15) is 4.79 Å². The van der Waals surface area contributed by atoms with Crippen LogP contribution < -0.4 is 5.32 Å². The maximum atomic E-state index is 12.3. The van der Waals surface area contributed by atoms with Crippen LogP contribution in [0.2, 0.25) is 0 Å². The highest BCUT2D eigenvalue weighted by molar-refractivity contribution is 5.74. The Morgan fingerprint density at radius 2 is 2.04 bits per heavy atom. The van der Waals surface area contributed by atoms with Crippen LogP contribution in [0.5, 0.6) is 0 Å². The minimum absolute atomic E-state index is 0.00977. The zero-order chi connectivity index (χ0) is 17.6. The number of aromatic nitrogens is 3. The predicted octanol–water partition coefficient (Wildman–Crippen LogP) is 2.00. The van der Waals surface area contributed by atoms with Crippen molar-refractivity contribution in [2.24, 2.45) is 13.0 Å². The number of urea groups is 1. The Hall–Kier alpha value is -1.63. The molecule has 1 atom stereocenters. The smallest absolute Gasteiger partial charge is 0.317 e. The molecular weight excluding hydrogens is 316 g/mol. The van der Waals surface area contributed by atoms with Gasteiger partial charge in [-0.2, -0.15) is 5.10 Å². The van der Waals surface area contributed by atoms with Gasteiger partial charge >= 0.3 is 6.03 Å². The van der Waals surface area contributed by atoms with Gasteiger partial charge in [-0.25, -0.2) is 9.78 Å². The molecule has 0 bridgehead atoms. The van der Waals surface area contributed by atoms with Crippen LogP contribution in [0.1, 0.15) is 51.3 Å². The van der Waals surface area contributed by atoms with E-state index in [-0.39, 0.29) is 6.03 Å². The molecule has 0 aromatic carbocycles. The van der Waals surface area contributed by atoms with Crippen molar-refractivity contribution < 1.29 is 4.79 Å². The van der Waals surface area contributed by atoms with Crippen LogP contribution in [-0.4, -0.2) is 62.8 Å². The van der Waals surface area contributed by atoms with Crippen molar-refractivity contribution in [1.82, 2.24) is 29.9 Å². The number of carbonyl (C=O) groups is 1. The largest absolute Gasteiger partial charge is 0.331 e. The van der Waals surface area contributed by atoms with Gasteiger partial charge in [0.2, 0.25) is 0 Å². The van der Waals surface area contributed by atoms with Gasteiger partial charge < -0.3 is 15.1 Å². The topological polar surface area (TPSA) is 66.3 Å². The molecule has 7 heteroatoms. The van der Waals surface area contributed by atoms with Crippen molar-refractivity contribution in [2.75, 3.05) is 26.2 Å². The number of hydrogen-bond acceptors (Lipinski definition) is 4. The predicted molar refractivity (Wildman–Crippen MR) is 97.0 cm³/mol. The van der Waals surface area contributed by atoms with Crippen LogP contribution in [0.25, 0.3) is 0 Å². The molecule has 140 valence electrons. The van der Waals surface area contributed by atoms with Crippen molar-refractivity contribution in [2.45, 2.75) is 58.0 Å². The number of piperidine rings is 2. The average Bonchev–Trinajstić information content (AvgIpc) is 3.05. The third-order valence-corrected chi connectivity index (χ3v) is 5.71. The van der Waals surface area contributed by atoms with Crippen LogP contribution >= 0.6 is 0 Å². The van der Waals surface area contributed by atoms with E-state index in [2.05, 4.69) is 27.2 Å². The molecule has 25 heavy (non-hydrogen) atoms. The molecule has 2 aliphatic rings. The van der Waals surface area contributed by atoms with Crippen LogP contribution in [0.15, 0.2) is 6.33 Å². The number of amides is 2. The second kappa shape index (κ2) is 8.65. The number of likely N-dealkylation sites (tertiary alicyclic amines) is 2. The normalized spacial score (nSPS) is 23.0. The molecule has 0 radical (unpaired) electrons. The highest BCUT2D eigenvalue weighted by Crippen LogP contribution is 2.23. The molecule has 0 saturated carbocycles. The molecule has 7 nitrogen and oxygen atoms in total. The van der Waals surface area contributed by atoms with Gasteiger partial charge in [0.25, 0.3) is 0 Å². The fraction of sp³-hybridized carbons (Fsp3) is 0.833. The molecule has 0 spiro atoms. The van der Waals surface area contributed by atoms with Gasteiger partial charge in [0.05, 0.1) is 6.54 Å². The molecule has 3 heterocycles. The lowest BCUT2D eigenvalue weighted by molar-refractivity contribution is 0.132. The summed E-state index contributed by atoms with van der Waals surface area (Å²) in [6, 6.07) is 0.760. The molecular formula is C18H32N6O. The summed E-state index contributed by atoms with van der Waals surface area (Å²) in [6.07, 6.45) is 9.26. The molecule has 2 amide bonds. The quantitative estimate of drug-likeness (QED) is 0.884. The Bertz CT molecular complexity index is 552. The van der Waals surface area contributed by atoms with E-state index in [0.717, 1.165) is 37.9 Å². The van der Waals surface area contributed by atoms with Crippen molar-refractivity contribution >= 4 is 6.03 Å². The summed E-state index contributed by atoms with van der Waals surface area (Å²) >= 11 is 0. The number of carbonyl (C=O) groups excluding carboxylic acids is 1. The Balaban J connectivity index is 1.34. The van der Waals surface area contributed by atoms with Gasteiger partial charge in [0, 0.05) is 26.2 Å². The van der Waals surface area contributed by atoms with Gasteiger partial charge in [-0.05, 0) is 58.0 Å². The monoisotopic (exact) mass is 348 g/mol. The first kappa shape index (κ1) is 18.2. The fourth-order valence-corrected chi connectivity index (χ4v) is 3.99. The van der Waals surface area contributed by atoms with Gasteiger partial charge in [-0.1, -0.05) is 6.42 Å². The van der Waals surface area contributed by atoms with Crippen molar-refractivity contribution in [1.29, 1.82) is 0 Å². The van der Waals surface area contributed by atoms with Crippen molar-refractivity contribution in [3.63, 3.8) is 0 Å². The number of hydrogen-bond donors (Lipinski definition) is 1. The van der Waals surface area contributed by atoms with Gasteiger partial charge in [0.1, 0.15) is 6.33 Å². The average molecular weight is 348 g/mol. The summed E-state index contributed by atoms with van der Waals surface area (Å²) in [6.45, 7) is 6.98.